The molecule has 3 rings (SSSR count). The molecule has 2 heterocycles. The fourth-order valence-corrected chi connectivity index (χ4v) is 2.54. The van der Waals surface area contributed by atoms with E-state index >= 15 is 0 Å². The Bertz CT molecular complexity index is 763. The lowest BCUT2D eigenvalue weighted by atomic mass is 10.1. The highest BCUT2D eigenvalue weighted by Crippen LogP contribution is 2.19. The van der Waals surface area contributed by atoms with Crippen LogP contribution < -0.4 is 5.32 Å². The van der Waals surface area contributed by atoms with Crippen LogP contribution in [0.3, 0.4) is 0 Å². The fraction of sp³-hybridized carbons (Fsp3) is 0.353. The van der Waals surface area contributed by atoms with Crippen molar-refractivity contribution in [2.45, 2.75) is 39.8 Å². The van der Waals surface area contributed by atoms with Gasteiger partial charge in [0.1, 0.15) is 5.82 Å². The molecule has 0 aliphatic carbocycles. The predicted molar refractivity (Wildman–Crippen MR) is 87.6 cm³/mol. The Balaban J connectivity index is 1.65. The molecule has 22 heavy (non-hydrogen) atoms. The highest BCUT2D eigenvalue weighted by atomic mass is 15.0. The predicted octanol–water partition coefficient (Wildman–Crippen LogP) is 2.69. The number of nitrogens with one attached hydrogen (secondary N) is 2. The van der Waals surface area contributed by atoms with Crippen molar-refractivity contribution < 1.29 is 0 Å². The number of aromatic amines is 1. The summed E-state index contributed by atoms with van der Waals surface area (Å²) in [4.78, 5) is 16.5. The maximum absolute atomic E-state index is 4.71. The summed E-state index contributed by atoms with van der Waals surface area (Å²) in [5.74, 6) is 0.967. The molecule has 0 aliphatic heterocycles. The van der Waals surface area contributed by atoms with Gasteiger partial charge >= 0.3 is 0 Å². The average molecular weight is 295 g/mol. The zero-order valence-corrected chi connectivity index (χ0v) is 13.2. The van der Waals surface area contributed by atoms with Gasteiger partial charge in [-0.1, -0.05) is 6.07 Å². The molecule has 2 aromatic heterocycles. The molecule has 1 unspecified atom stereocenters. The summed E-state index contributed by atoms with van der Waals surface area (Å²) in [5, 5.41) is 3.48. The quantitative estimate of drug-likeness (QED) is 0.759. The molecule has 2 N–H and O–H groups in total. The molecule has 3 aromatic rings. The number of nitrogens with zero attached hydrogens (tertiary/aromatic N) is 3. The zero-order chi connectivity index (χ0) is 15.5. The minimum absolute atomic E-state index is 0.313. The van der Waals surface area contributed by atoms with E-state index in [1.54, 1.807) is 12.4 Å². The second-order valence-corrected chi connectivity index (χ2v) is 5.77. The van der Waals surface area contributed by atoms with Gasteiger partial charge in [-0.15, -0.1) is 0 Å². The fourth-order valence-electron chi connectivity index (χ4n) is 2.54. The van der Waals surface area contributed by atoms with Crippen molar-refractivity contribution in [1.29, 1.82) is 0 Å². The van der Waals surface area contributed by atoms with Crippen LogP contribution in [0.25, 0.3) is 11.0 Å². The first-order valence-electron chi connectivity index (χ1n) is 7.56. The van der Waals surface area contributed by atoms with Crippen LogP contribution in [-0.4, -0.2) is 26.0 Å². The van der Waals surface area contributed by atoms with Gasteiger partial charge in [0.2, 0.25) is 0 Å². The van der Waals surface area contributed by atoms with E-state index in [1.165, 1.54) is 11.1 Å². The average Bonchev–Trinajstić information content (AvgIpc) is 2.94. The van der Waals surface area contributed by atoms with Gasteiger partial charge < -0.3 is 10.3 Å². The van der Waals surface area contributed by atoms with E-state index in [0.717, 1.165) is 29.0 Å². The maximum Gasteiger partial charge on any atom is 0.121 e. The monoisotopic (exact) mass is 295 g/mol. The molecule has 0 aliphatic rings. The third kappa shape index (κ3) is 3.14. The molecule has 5 heteroatoms. The first kappa shape index (κ1) is 14.7. The van der Waals surface area contributed by atoms with E-state index in [-0.39, 0.29) is 0 Å². The van der Waals surface area contributed by atoms with Gasteiger partial charge in [0.25, 0.3) is 0 Å². The number of aromatic nitrogens is 4. The van der Waals surface area contributed by atoms with E-state index in [2.05, 4.69) is 53.2 Å². The number of hydrogen-bond acceptors (Lipinski definition) is 4. The van der Waals surface area contributed by atoms with Crippen molar-refractivity contribution in [3.8, 4) is 0 Å². The van der Waals surface area contributed by atoms with Crippen LogP contribution >= 0.6 is 0 Å². The number of rotatable bonds is 5. The van der Waals surface area contributed by atoms with Gasteiger partial charge in [-0.05, 0) is 38.0 Å². The number of benzene rings is 1. The van der Waals surface area contributed by atoms with Crippen molar-refractivity contribution in [2.24, 2.45) is 0 Å². The normalized spacial score (nSPS) is 12.7. The number of fused-ring (bicyclic) bond motifs is 1. The van der Waals surface area contributed by atoms with Crippen LogP contribution in [0, 0.1) is 13.8 Å². The third-order valence-corrected chi connectivity index (χ3v) is 3.98. The smallest absolute Gasteiger partial charge is 0.121 e. The summed E-state index contributed by atoms with van der Waals surface area (Å²) in [5.41, 5.74) is 5.68. The molecule has 1 aromatic carbocycles. The Labute approximate surface area is 130 Å². The molecule has 114 valence electrons. The van der Waals surface area contributed by atoms with Crippen LogP contribution in [0.5, 0.6) is 0 Å². The Morgan fingerprint density at radius 3 is 2.86 bits per heavy atom. The second-order valence-electron chi connectivity index (χ2n) is 5.77. The number of H-pyrrole nitrogens is 1. The topological polar surface area (TPSA) is 66.5 Å². The van der Waals surface area contributed by atoms with E-state index < -0.39 is 0 Å². The molecular weight excluding hydrogens is 274 g/mol. The second kappa shape index (κ2) is 6.23. The van der Waals surface area contributed by atoms with E-state index in [1.807, 2.05) is 6.20 Å². The number of imidazole rings is 1. The lowest BCUT2D eigenvalue weighted by Crippen LogP contribution is -2.28. The summed E-state index contributed by atoms with van der Waals surface area (Å²) in [6.45, 7) is 7.10. The van der Waals surface area contributed by atoms with Crippen LogP contribution in [-0.2, 0) is 13.0 Å². The maximum atomic E-state index is 4.71. The van der Waals surface area contributed by atoms with Gasteiger partial charge in [-0.3, -0.25) is 9.97 Å². The summed E-state index contributed by atoms with van der Waals surface area (Å²) < 4.78 is 0. The Hall–Kier alpha value is -2.27. The van der Waals surface area contributed by atoms with Crippen molar-refractivity contribution in [2.75, 3.05) is 0 Å². The zero-order valence-electron chi connectivity index (χ0n) is 13.2. The summed E-state index contributed by atoms with van der Waals surface area (Å²) in [6.07, 6.45) is 6.09. The summed E-state index contributed by atoms with van der Waals surface area (Å²) in [6, 6.07) is 4.54. The van der Waals surface area contributed by atoms with Gasteiger partial charge in [-0.2, -0.15) is 0 Å². The van der Waals surface area contributed by atoms with Crippen LogP contribution in [0.15, 0.2) is 30.7 Å². The van der Waals surface area contributed by atoms with Gasteiger partial charge in [-0.25, -0.2) is 4.98 Å². The van der Waals surface area contributed by atoms with Crippen LogP contribution in [0.4, 0.5) is 0 Å². The SMILES string of the molecule is Cc1ccc2[nH]c(CNC(C)Cc3cnccn3)nc2c1C. The molecule has 0 saturated heterocycles. The molecule has 5 nitrogen and oxygen atoms in total. The molecule has 0 fully saturated rings. The van der Waals surface area contributed by atoms with Gasteiger partial charge in [0, 0.05) is 31.1 Å². The lowest BCUT2D eigenvalue weighted by molar-refractivity contribution is 0.530. The van der Waals surface area contributed by atoms with Crippen LogP contribution in [0.1, 0.15) is 29.6 Å². The molecule has 0 saturated carbocycles. The summed E-state index contributed by atoms with van der Waals surface area (Å²) in [7, 11) is 0. The van der Waals surface area contributed by atoms with Gasteiger partial charge in [0.05, 0.1) is 23.3 Å². The van der Waals surface area contributed by atoms with Crippen molar-refractivity contribution in [3.05, 3.63) is 53.4 Å². The highest BCUT2D eigenvalue weighted by Gasteiger charge is 2.09. The standard InChI is InChI=1S/C17H21N5/c1-11-4-5-15-17(13(11)3)22-16(21-15)10-20-12(2)8-14-9-18-6-7-19-14/h4-7,9,12,20H,8,10H2,1-3H3,(H,21,22). The Kier molecular flexibility index (Phi) is 4.15. The molecular formula is C17H21N5. The first-order valence-corrected chi connectivity index (χ1v) is 7.56. The molecule has 0 radical (unpaired) electrons. The number of hydrogen-bond donors (Lipinski definition) is 2. The number of aryl methyl sites for hydroxylation is 2. The first-order chi connectivity index (χ1) is 10.6. The van der Waals surface area contributed by atoms with Gasteiger partial charge in [0.15, 0.2) is 0 Å². The molecule has 0 bridgehead atoms. The summed E-state index contributed by atoms with van der Waals surface area (Å²) >= 11 is 0. The van der Waals surface area contributed by atoms with Crippen molar-refractivity contribution >= 4 is 11.0 Å². The minimum Gasteiger partial charge on any atom is -0.341 e. The molecule has 1 atom stereocenters. The van der Waals surface area contributed by atoms with Crippen molar-refractivity contribution in [3.63, 3.8) is 0 Å². The van der Waals surface area contributed by atoms with Crippen molar-refractivity contribution in [1.82, 2.24) is 25.3 Å². The Morgan fingerprint density at radius 2 is 2.09 bits per heavy atom. The van der Waals surface area contributed by atoms with E-state index in [9.17, 15) is 0 Å². The third-order valence-electron chi connectivity index (χ3n) is 3.98. The molecule has 0 spiro atoms. The molecule has 0 amide bonds. The van der Waals surface area contributed by atoms with Crippen LogP contribution in [0.2, 0.25) is 0 Å². The Morgan fingerprint density at radius 1 is 1.23 bits per heavy atom. The van der Waals surface area contributed by atoms with E-state index in [0.29, 0.717) is 12.6 Å². The minimum atomic E-state index is 0.313. The van der Waals surface area contributed by atoms with E-state index in [4.69, 9.17) is 4.98 Å². The largest absolute Gasteiger partial charge is 0.341 e. The highest BCUT2D eigenvalue weighted by molar-refractivity contribution is 5.79. The lowest BCUT2D eigenvalue weighted by Gasteiger charge is -2.11.